The maximum absolute atomic E-state index is 12.7. The molecule has 0 aromatic rings. The molecule has 0 heterocycles. The first-order chi connectivity index (χ1) is 29.5. The number of esters is 3. The SMILES string of the molecule is CC\C=C/C=C\C=C/C=C\CCCCCCCC(=O)OC(COC(=O)CCC/C=C\C/C=C\C/C=C\CC)COC(=O)CCCCC/C=C\C=C/CCCCCCCCC. The highest BCUT2D eigenvalue weighted by atomic mass is 16.6. The van der Waals surface area contributed by atoms with E-state index >= 15 is 0 Å². The van der Waals surface area contributed by atoms with E-state index in [-0.39, 0.29) is 44.0 Å². The van der Waals surface area contributed by atoms with Crippen LogP contribution in [0.4, 0.5) is 0 Å². The molecule has 6 heteroatoms. The lowest BCUT2D eigenvalue weighted by Crippen LogP contribution is -2.30. The lowest BCUT2D eigenvalue weighted by atomic mass is 10.1. The molecule has 0 bridgehead atoms. The third-order valence-corrected chi connectivity index (χ3v) is 9.61. The summed E-state index contributed by atoms with van der Waals surface area (Å²) >= 11 is 0. The Bertz CT molecular complexity index is 1280. The molecule has 0 saturated heterocycles. The Morgan fingerprint density at radius 2 is 0.750 bits per heavy atom. The summed E-state index contributed by atoms with van der Waals surface area (Å²) in [5.74, 6) is -1.03. The molecule has 60 heavy (non-hydrogen) atoms. The van der Waals surface area contributed by atoms with Crippen molar-refractivity contribution in [3.8, 4) is 0 Å². The lowest BCUT2D eigenvalue weighted by molar-refractivity contribution is -0.167. The fourth-order valence-corrected chi connectivity index (χ4v) is 6.05. The van der Waals surface area contributed by atoms with Gasteiger partial charge in [0.05, 0.1) is 0 Å². The smallest absolute Gasteiger partial charge is 0.306 e. The number of allylic oxidation sites excluding steroid dienone is 18. The van der Waals surface area contributed by atoms with Crippen LogP contribution >= 0.6 is 0 Å². The molecule has 338 valence electrons. The molecule has 0 fully saturated rings. The molecule has 6 nitrogen and oxygen atoms in total. The predicted octanol–water partition coefficient (Wildman–Crippen LogP) is 15.6. The Kier molecular flexibility index (Phi) is 44.6. The van der Waals surface area contributed by atoms with Crippen LogP contribution in [0.3, 0.4) is 0 Å². The Labute approximate surface area is 368 Å². The van der Waals surface area contributed by atoms with E-state index in [0.717, 1.165) is 103 Å². The van der Waals surface area contributed by atoms with Gasteiger partial charge in [-0.15, -0.1) is 0 Å². The van der Waals surface area contributed by atoms with Crippen LogP contribution in [0.2, 0.25) is 0 Å². The van der Waals surface area contributed by atoms with Gasteiger partial charge in [0.25, 0.3) is 0 Å². The first-order valence-corrected chi connectivity index (χ1v) is 24.0. The molecular weight excluding hydrogens is 745 g/mol. The van der Waals surface area contributed by atoms with Gasteiger partial charge in [0, 0.05) is 19.3 Å². The second-order valence-electron chi connectivity index (χ2n) is 15.4. The van der Waals surface area contributed by atoms with Crippen molar-refractivity contribution < 1.29 is 28.6 Å². The summed E-state index contributed by atoms with van der Waals surface area (Å²) in [7, 11) is 0. The molecule has 0 amide bonds. The van der Waals surface area contributed by atoms with Crippen molar-refractivity contribution in [2.45, 2.75) is 200 Å². The number of carbonyl (C=O) groups is 3. The molecule has 1 unspecified atom stereocenters. The zero-order chi connectivity index (χ0) is 43.7. The van der Waals surface area contributed by atoms with Crippen molar-refractivity contribution in [2.75, 3.05) is 13.2 Å². The summed E-state index contributed by atoms with van der Waals surface area (Å²) in [6, 6.07) is 0. The van der Waals surface area contributed by atoms with E-state index in [0.29, 0.717) is 12.8 Å². The van der Waals surface area contributed by atoms with Crippen molar-refractivity contribution in [2.24, 2.45) is 0 Å². The molecule has 0 aliphatic rings. The highest BCUT2D eigenvalue weighted by molar-refractivity contribution is 5.71. The van der Waals surface area contributed by atoms with Crippen molar-refractivity contribution >= 4 is 17.9 Å². The van der Waals surface area contributed by atoms with Gasteiger partial charge in [0.15, 0.2) is 6.10 Å². The minimum atomic E-state index is -0.822. The van der Waals surface area contributed by atoms with Crippen LogP contribution in [0, 0.1) is 0 Å². The van der Waals surface area contributed by atoms with E-state index in [1.807, 2.05) is 24.3 Å². The van der Waals surface area contributed by atoms with Crippen LogP contribution in [0.25, 0.3) is 0 Å². The first-order valence-electron chi connectivity index (χ1n) is 24.0. The maximum atomic E-state index is 12.7. The number of hydrogen-bond donors (Lipinski definition) is 0. The number of ether oxygens (including phenoxy) is 3. The summed E-state index contributed by atoms with van der Waals surface area (Å²) < 4.78 is 16.6. The van der Waals surface area contributed by atoms with E-state index in [1.54, 1.807) is 0 Å². The van der Waals surface area contributed by atoms with E-state index < -0.39 is 6.10 Å². The van der Waals surface area contributed by atoms with Gasteiger partial charge >= 0.3 is 17.9 Å². The Morgan fingerprint density at radius 3 is 1.30 bits per heavy atom. The lowest BCUT2D eigenvalue weighted by Gasteiger charge is -2.18. The molecular formula is C54H86O6. The monoisotopic (exact) mass is 831 g/mol. The van der Waals surface area contributed by atoms with E-state index in [4.69, 9.17) is 14.2 Å². The summed E-state index contributed by atoms with van der Waals surface area (Å²) in [4.78, 5) is 37.8. The molecule has 0 aliphatic carbocycles. The van der Waals surface area contributed by atoms with Crippen LogP contribution in [0.1, 0.15) is 194 Å². The van der Waals surface area contributed by atoms with Crippen LogP contribution in [-0.4, -0.2) is 37.2 Å². The van der Waals surface area contributed by atoms with Crippen LogP contribution in [0.15, 0.2) is 109 Å². The predicted molar refractivity (Wildman–Crippen MR) is 256 cm³/mol. The summed E-state index contributed by atoms with van der Waals surface area (Å²) in [5, 5.41) is 0. The molecule has 0 N–H and O–H groups in total. The average molecular weight is 831 g/mol. The normalized spacial score (nSPS) is 13.1. The molecule has 0 aromatic carbocycles. The van der Waals surface area contributed by atoms with Gasteiger partial charge in [-0.25, -0.2) is 0 Å². The fraction of sp³-hybridized carbons (Fsp3) is 0.611. The Morgan fingerprint density at radius 1 is 0.367 bits per heavy atom. The summed E-state index contributed by atoms with van der Waals surface area (Å²) in [6.45, 7) is 6.26. The molecule has 1 atom stereocenters. The van der Waals surface area contributed by atoms with Gasteiger partial charge < -0.3 is 14.2 Å². The molecule has 0 radical (unpaired) electrons. The fourth-order valence-electron chi connectivity index (χ4n) is 6.05. The third kappa shape index (κ3) is 45.2. The molecule has 0 aliphatic heterocycles. The van der Waals surface area contributed by atoms with E-state index in [1.165, 1.54) is 44.9 Å². The van der Waals surface area contributed by atoms with Gasteiger partial charge in [-0.05, 0) is 89.9 Å². The second kappa shape index (κ2) is 47.7. The minimum Gasteiger partial charge on any atom is -0.462 e. The average Bonchev–Trinajstić information content (AvgIpc) is 3.24. The molecule has 0 saturated carbocycles. The van der Waals surface area contributed by atoms with Gasteiger partial charge in [-0.3, -0.25) is 14.4 Å². The first kappa shape index (κ1) is 56.1. The van der Waals surface area contributed by atoms with E-state index in [9.17, 15) is 14.4 Å². The van der Waals surface area contributed by atoms with Gasteiger partial charge in [0.2, 0.25) is 0 Å². The molecule has 0 rings (SSSR count). The van der Waals surface area contributed by atoms with Crippen LogP contribution < -0.4 is 0 Å². The number of hydrogen-bond acceptors (Lipinski definition) is 6. The zero-order valence-electron chi connectivity index (χ0n) is 38.4. The van der Waals surface area contributed by atoms with Crippen molar-refractivity contribution in [3.63, 3.8) is 0 Å². The number of carbonyl (C=O) groups excluding carboxylic acids is 3. The zero-order valence-corrected chi connectivity index (χ0v) is 38.4. The van der Waals surface area contributed by atoms with Gasteiger partial charge in [0.1, 0.15) is 13.2 Å². The quantitative estimate of drug-likeness (QED) is 0.0201. The summed E-state index contributed by atoms with van der Waals surface area (Å²) in [5.41, 5.74) is 0. The topological polar surface area (TPSA) is 78.9 Å². The Balaban J connectivity index is 4.54. The molecule has 0 aromatic heterocycles. The third-order valence-electron chi connectivity index (χ3n) is 9.61. The highest BCUT2D eigenvalue weighted by Crippen LogP contribution is 2.12. The van der Waals surface area contributed by atoms with Crippen molar-refractivity contribution in [1.29, 1.82) is 0 Å². The standard InChI is InChI=1S/C54H86O6/c1-4-7-10-13-16-19-22-24-26-28-29-32-35-38-41-44-47-53(56)59-50-51(49-58-52(55)46-43-40-37-34-31-21-18-15-12-9-6-3)60-54(57)48-45-42-39-36-33-30-27-25-23-20-17-14-11-8-5-2/h8-9,11-12,14,17-18,20-21,23,25-29,32,34,37,51H,4-7,10,13,15-16,19,22,24,30-31,33,35-36,38-50H2,1-3H3/b11-8-,12-9-,17-14-,21-18-,23-20-,27-25-,28-26-,32-29-,37-34-. The van der Waals surface area contributed by atoms with Crippen LogP contribution in [0.5, 0.6) is 0 Å². The number of unbranched alkanes of at least 4 members (excludes halogenated alkanes) is 16. The largest absolute Gasteiger partial charge is 0.462 e. The second-order valence-corrected chi connectivity index (χ2v) is 15.4. The maximum Gasteiger partial charge on any atom is 0.306 e. The van der Waals surface area contributed by atoms with Crippen molar-refractivity contribution in [1.82, 2.24) is 0 Å². The van der Waals surface area contributed by atoms with Crippen LogP contribution in [-0.2, 0) is 28.6 Å². The molecule has 0 spiro atoms. The summed E-state index contributed by atoms with van der Waals surface area (Å²) in [6.07, 6.45) is 63.7. The number of rotatable bonds is 41. The van der Waals surface area contributed by atoms with Gasteiger partial charge in [-0.2, -0.15) is 0 Å². The highest BCUT2D eigenvalue weighted by Gasteiger charge is 2.19. The van der Waals surface area contributed by atoms with Crippen molar-refractivity contribution in [3.05, 3.63) is 109 Å². The van der Waals surface area contributed by atoms with E-state index in [2.05, 4.69) is 106 Å². The van der Waals surface area contributed by atoms with Gasteiger partial charge in [-0.1, -0.05) is 194 Å². The minimum absolute atomic E-state index is 0.120. The Hall–Kier alpha value is -3.93.